The summed E-state index contributed by atoms with van der Waals surface area (Å²) in [6.07, 6.45) is 0.226. The van der Waals surface area contributed by atoms with Gasteiger partial charge in [0.2, 0.25) is 0 Å². The van der Waals surface area contributed by atoms with E-state index in [9.17, 15) is 24.3 Å². The number of nitrogens with zero attached hydrogens (tertiary/aromatic N) is 2. The number of hydrogen-bond donors (Lipinski definition) is 3. The first-order chi connectivity index (χ1) is 13.0. The van der Waals surface area contributed by atoms with Crippen molar-refractivity contribution < 1.29 is 14.7 Å². The molecular weight excluding hydrogens is 364 g/mol. The molecule has 0 spiro atoms. The second-order valence-corrected chi connectivity index (χ2v) is 7.65. The van der Waals surface area contributed by atoms with Gasteiger partial charge in [-0.3, -0.25) is 23.9 Å². The maximum Gasteiger partial charge on any atom is 0.329 e. The minimum atomic E-state index is -0.989. The maximum atomic E-state index is 12.8. The predicted octanol–water partition coefficient (Wildman–Crippen LogP) is 1.46. The van der Waals surface area contributed by atoms with Crippen molar-refractivity contribution in [3.8, 4) is 0 Å². The molecule has 152 valence electrons. The van der Waals surface area contributed by atoms with E-state index < -0.39 is 28.5 Å². The molecule has 9 nitrogen and oxygen atoms in total. The van der Waals surface area contributed by atoms with E-state index in [1.807, 2.05) is 13.8 Å². The summed E-state index contributed by atoms with van der Waals surface area (Å²) in [5.41, 5.74) is -1.39. The molecule has 2 heterocycles. The monoisotopic (exact) mass is 390 g/mol. The van der Waals surface area contributed by atoms with Crippen LogP contribution < -0.4 is 16.6 Å². The largest absolute Gasteiger partial charge is 0.481 e. The van der Waals surface area contributed by atoms with Crippen molar-refractivity contribution in [1.29, 1.82) is 0 Å². The van der Waals surface area contributed by atoms with Crippen molar-refractivity contribution in [1.82, 2.24) is 19.9 Å². The molecule has 1 amide bonds. The number of rotatable bonds is 7. The van der Waals surface area contributed by atoms with Gasteiger partial charge in [0.1, 0.15) is 0 Å². The zero-order valence-electron chi connectivity index (χ0n) is 16.8. The average Bonchev–Trinajstić information content (AvgIpc) is 2.60. The van der Waals surface area contributed by atoms with E-state index >= 15 is 0 Å². The number of fused-ring (bicyclic) bond motifs is 1. The van der Waals surface area contributed by atoms with Gasteiger partial charge in [-0.2, -0.15) is 0 Å². The van der Waals surface area contributed by atoms with Crippen molar-refractivity contribution in [3.63, 3.8) is 0 Å². The Morgan fingerprint density at radius 1 is 1.32 bits per heavy atom. The Kier molecular flexibility index (Phi) is 6.06. The Balaban J connectivity index is 2.53. The van der Waals surface area contributed by atoms with E-state index in [0.717, 1.165) is 0 Å². The molecule has 2 aromatic rings. The standard InChI is InChI=1S/C19H26N4O5/c1-6-23-14-13(16(25)22-18(23)28)11(9-12(21-14)10(2)3)15(24)20-8-7-19(4,5)17(26)27/h9-10H,6-8H2,1-5H3,(H,20,24)(H,26,27)(H,22,25,28). The Bertz CT molecular complexity index is 1030. The van der Waals surface area contributed by atoms with E-state index in [4.69, 9.17) is 0 Å². The molecule has 0 aromatic carbocycles. The lowest BCUT2D eigenvalue weighted by molar-refractivity contribution is -0.147. The Morgan fingerprint density at radius 2 is 1.96 bits per heavy atom. The lowest BCUT2D eigenvalue weighted by Gasteiger charge is -2.19. The first-order valence-corrected chi connectivity index (χ1v) is 9.19. The molecule has 2 aromatic heterocycles. The van der Waals surface area contributed by atoms with Crippen LogP contribution >= 0.6 is 0 Å². The number of carbonyl (C=O) groups excluding carboxylic acids is 1. The fourth-order valence-electron chi connectivity index (χ4n) is 2.75. The quantitative estimate of drug-likeness (QED) is 0.655. The van der Waals surface area contributed by atoms with Crippen LogP contribution in [0.15, 0.2) is 15.7 Å². The van der Waals surface area contributed by atoms with E-state index in [0.29, 0.717) is 5.69 Å². The third-order valence-corrected chi connectivity index (χ3v) is 4.74. The van der Waals surface area contributed by atoms with Gasteiger partial charge in [0, 0.05) is 18.8 Å². The highest BCUT2D eigenvalue weighted by molar-refractivity contribution is 6.05. The normalized spacial score (nSPS) is 11.8. The molecule has 0 aliphatic carbocycles. The van der Waals surface area contributed by atoms with Crippen LogP contribution in [-0.2, 0) is 11.3 Å². The Labute approximate surface area is 161 Å². The third-order valence-electron chi connectivity index (χ3n) is 4.74. The number of carboxylic acid groups (broad SMARTS) is 1. The lowest BCUT2D eigenvalue weighted by Crippen LogP contribution is -2.35. The number of amides is 1. The minimum Gasteiger partial charge on any atom is -0.481 e. The van der Waals surface area contributed by atoms with Crippen molar-refractivity contribution >= 4 is 22.9 Å². The summed E-state index contributed by atoms with van der Waals surface area (Å²) < 4.78 is 1.31. The molecule has 0 aliphatic rings. The van der Waals surface area contributed by atoms with Crippen LogP contribution in [0.4, 0.5) is 0 Å². The number of carboxylic acids is 1. The molecule has 0 radical (unpaired) electrons. The zero-order chi connectivity index (χ0) is 21.2. The smallest absolute Gasteiger partial charge is 0.329 e. The van der Waals surface area contributed by atoms with Gasteiger partial charge in [0.15, 0.2) is 5.65 Å². The fourth-order valence-corrected chi connectivity index (χ4v) is 2.75. The SMILES string of the molecule is CCn1c(=O)[nH]c(=O)c2c(C(=O)NCCC(C)(C)C(=O)O)cc(C(C)C)nc21. The van der Waals surface area contributed by atoms with Crippen LogP contribution in [0.1, 0.15) is 63.0 Å². The number of carbonyl (C=O) groups is 2. The molecule has 0 aliphatic heterocycles. The van der Waals surface area contributed by atoms with Gasteiger partial charge in [0.25, 0.3) is 11.5 Å². The third kappa shape index (κ3) is 4.13. The molecule has 0 unspecified atom stereocenters. The summed E-state index contributed by atoms with van der Waals surface area (Å²) in [5.74, 6) is -1.49. The van der Waals surface area contributed by atoms with Crippen LogP contribution in [0, 0.1) is 5.41 Å². The number of H-pyrrole nitrogens is 1. The van der Waals surface area contributed by atoms with Crippen LogP contribution in [0.3, 0.4) is 0 Å². The Morgan fingerprint density at radius 3 is 2.50 bits per heavy atom. The van der Waals surface area contributed by atoms with E-state index in [2.05, 4.69) is 15.3 Å². The number of aliphatic carboxylic acids is 1. The molecule has 3 N–H and O–H groups in total. The predicted molar refractivity (Wildman–Crippen MR) is 105 cm³/mol. The van der Waals surface area contributed by atoms with Crippen molar-refractivity contribution in [3.05, 3.63) is 38.2 Å². The summed E-state index contributed by atoms with van der Waals surface area (Å²) in [4.78, 5) is 55.2. The second kappa shape index (κ2) is 7.95. The summed E-state index contributed by atoms with van der Waals surface area (Å²) in [6.45, 7) is 9.10. The van der Waals surface area contributed by atoms with Gasteiger partial charge in [0.05, 0.1) is 16.4 Å². The number of aromatic nitrogens is 3. The van der Waals surface area contributed by atoms with E-state index in [-0.39, 0.29) is 42.0 Å². The first-order valence-electron chi connectivity index (χ1n) is 9.19. The first kappa shape index (κ1) is 21.3. The number of pyridine rings is 1. The molecule has 0 saturated heterocycles. The highest BCUT2D eigenvalue weighted by Crippen LogP contribution is 2.21. The van der Waals surface area contributed by atoms with Gasteiger partial charge in [-0.15, -0.1) is 0 Å². The number of aryl methyl sites for hydroxylation is 1. The molecule has 0 atom stereocenters. The van der Waals surface area contributed by atoms with Crippen LogP contribution in [-0.4, -0.2) is 38.1 Å². The van der Waals surface area contributed by atoms with Crippen LogP contribution in [0.25, 0.3) is 11.0 Å². The molecule has 28 heavy (non-hydrogen) atoms. The summed E-state index contributed by atoms with van der Waals surface area (Å²) in [5, 5.41) is 11.9. The average molecular weight is 390 g/mol. The van der Waals surface area contributed by atoms with Gasteiger partial charge in [-0.25, -0.2) is 9.78 Å². The van der Waals surface area contributed by atoms with Crippen molar-refractivity contribution in [2.24, 2.45) is 5.41 Å². The van der Waals surface area contributed by atoms with Gasteiger partial charge >= 0.3 is 11.7 Å². The Hall–Kier alpha value is -2.97. The lowest BCUT2D eigenvalue weighted by atomic mass is 9.89. The number of hydrogen-bond acceptors (Lipinski definition) is 5. The summed E-state index contributed by atoms with van der Waals surface area (Å²) >= 11 is 0. The molecule has 0 saturated carbocycles. The minimum absolute atomic E-state index is 0.0263. The van der Waals surface area contributed by atoms with Crippen LogP contribution in [0.5, 0.6) is 0 Å². The molecular formula is C19H26N4O5. The highest BCUT2D eigenvalue weighted by atomic mass is 16.4. The molecule has 9 heteroatoms. The zero-order valence-corrected chi connectivity index (χ0v) is 16.8. The summed E-state index contributed by atoms with van der Waals surface area (Å²) in [7, 11) is 0. The summed E-state index contributed by atoms with van der Waals surface area (Å²) in [6, 6.07) is 1.55. The van der Waals surface area contributed by atoms with Crippen LogP contribution in [0.2, 0.25) is 0 Å². The van der Waals surface area contributed by atoms with Crippen molar-refractivity contribution in [2.75, 3.05) is 6.54 Å². The van der Waals surface area contributed by atoms with Gasteiger partial charge < -0.3 is 10.4 Å². The van der Waals surface area contributed by atoms with Crippen molar-refractivity contribution in [2.45, 2.75) is 53.5 Å². The fraction of sp³-hybridized carbons (Fsp3) is 0.526. The molecule has 0 fully saturated rings. The number of nitrogens with one attached hydrogen (secondary N) is 2. The second-order valence-electron chi connectivity index (χ2n) is 7.65. The maximum absolute atomic E-state index is 12.8. The van der Waals surface area contributed by atoms with E-state index in [1.165, 1.54) is 4.57 Å². The number of aromatic amines is 1. The van der Waals surface area contributed by atoms with Gasteiger partial charge in [-0.1, -0.05) is 13.8 Å². The molecule has 2 rings (SSSR count). The highest BCUT2D eigenvalue weighted by Gasteiger charge is 2.27. The van der Waals surface area contributed by atoms with E-state index in [1.54, 1.807) is 26.8 Å². The molecule has 0 bridgehead atoms. The van der Waals surface area contributed by atoms with Gasteiger partial charge in [-0.05, 0) is 39.2 Å². The topological polar surface area (TPSA) is 134 Å².